The molecule has 0 N–H and O–H groups in total. The van der Waals surface area contributed by atoms with Crippen molar-refractivity contribution < 1.29 is 13.9 Å². The second kappa shape index (κ2) is 6.83. The summed E-state index contributed by atoms with van der Waals surface area (Å²) in [7, 11) is 0. The number of carbonyl (C=O) groups is 1. The molecule has 0 spiro atoms. The van der Waals surface area contributed by atoms with Crippen LogP contribution in [0.5, 0.6) is 5.19 Å². The topological polar surface area (TPSA) is 42.4 Å². The summed E-state index contributed by atoms with van der Waals surface area (Å²) < 4.78 is 20.4. The third-order valence-electron chi connectivity index (χ3n) is 4.00. The minimum absolute atomic E-state index is 0.0433. The number of halogens is 1. The van der Waals surface area contributed by atoms with Gasteiger partial charge in [0.15, 0.2) is 0 Å². The van der Waals surface area contributed by atoms with Crippen molar-refractivity contribution in [2.45, 2.75) is 39.2 Å². The average Bonchev–Trinajstić information content (AvgIpc) is 2.91. The quantitative estimate of drug-likeness (QED) is 0.852. The molecule has 1 aliphatic heterocycles. The molecule has 0 radical (unpaired) electrons. The highest BCUT2D eigenvalue weighted by atomic mass is 32.1. The van der Waals surface area contributed by atoms with Crippen LogP contribution < -0.4 is 4.74 Å². The van der Waals surface area contributed by atoms with Crippen LogP contribution in [0.3, 0.4) is 0 Å². The number of aromatic nitrogens is 1. The first kappa shape index (κ1) is 16.2. The molecule has 1 amide bonds. The molecule has 0 aliphatic carbocycles. The van der Waals surface area contributed by atoms with E-state index < -0.39 is 0 Å². The highest BCUT2D eigenvalue weighted by molar-refractivity contribution is 7.20. The maximum absolute atomic E-state index is 13.7. The van der Waals surface area contributed by atoms with Gasteiger partial charge in [-0.25, -0.2) is 4.39 Å². The van der Waals surface area contributed by atoms with E-state index in [1.807, 2.05) is 11.0 Å². The zero-order valence-electron chi connectivity index (χ0n) is 13.4. The van der Waals surface area contributed by atoms with Gasteiger partial charge >= 0.3 is 0 Å². The summed E-state index contributed by atoms with van der Waals surface area (Å²) in [6, 6.07) is 4.93. The van der Waals surface area contributed by atoms with E-state index >= 15 is 0 Å². The fourth-order valence-corrected chi connectivity index (χ4v) is 3.68. The fraction of sp³-hybridized carbons (Fsp3) is 0.529. The number of fused-ring (bicyclic) bond motifs is 1. The summed E-state index contributed by atoms with van der Waals surface area (Å²) in [5, 5.41) is 0.511. The predicted octanol–water partition coefficient (Wildman–Crippen LogP) is 3.85. The molecule has 0 saturated carbocycles. The largest absolute Gasteiger partial charge is 0.467 e. The number of hydrogen-bond acceptors (Lipinski definition) is 4. The standard InChI is InChI=1S/C17H21FN2O2S/c1-11(2)10-15(21)20-8-6-12(7-9-20)22-17-19-16-13(18)4-3-5-14(16)23-17/h3-5,11-12H,6-10H2,1-2H3. The molecule has 1 aromatic carbocycles. The van der Waals surface area contributed by atoms with Gasteiger partial charge in [-0.2, -0.15) is 4.98 Å². The molecule has 1 aromatic heterocycles. The lowest BCUT2D eigenvalue weighted by molar-refractivity contribution is -0.133. The average molecular weight is 336 g/mol. The summed E-state index contributed by atoms with van der Waals surface area (Å²) >= 11 is 1.37. The summed E-state index contributed by atoms with van der Waals surface area (Å²) in [5.41, 5.74) is 0.372. The molecule has 1 fully saturated rings. The van der Waals surface area contributed by atoms with Crippen molar-refractivity contribution in [1.29, 1.82) is 0 Å². The molecule has 124 valence electrons. The Hall–Kier alpha value is -1.69. The normalized spacial score (nSPS) is 16.3. The number of piperidine rings is 1. The number of nitrogens with zero attached hydrogens (tertiary/aromatic N) is 2. The minimum Gasteiger partial charge on any atom is -0.467 e. The SMILES string of the molecule is CC(C)CC(=O)N1CCC(Oc2nc3c(F)cccc3s2)CC1. The van der Waals surface area contributed by atoms with E-state index in [-0.39, 0.29) is 17.8 Å². The number of para-hydroxylation sites is 1. The van der Waals surface area contributed by atoms with Gasteiger partial charge < -0.3 is 9.64 Å². The van der Waals surface area contributed by atoms with Gasteiger partial charge in [-0.15, -0.1) is 0 Å². The molecule has 6 heteroatoms. The molecule has 0 bridgehead atoms. The van der Waals surface area contributed by atoms with Crippen LogP contribution in [0.15, 0.2) is 18.2 Å². The molecule has 1 aliphatic rings. The Bertz CT molecular complexity index is 693. The number of carbonyl (C=O) groups excluding carboxylic acids is 1. The number of benzene rings is 1. The molecule has 23 heavy (non-hydrogen) atoms. The van der Waals surface area contributed by atoms with Crippen LogP contribution in [0.25, 0.3) is 10.2 Å². The van der Waals surface area contributed by atoms with Crippen molar-refractivity contribution in [3.05, 3.63) is 24.0 Å². The molecule has 3 rings (SSSR count). The fourth-order valence-electron chi connectivity index (χ4n) is 2.79. The van der Waals surface area contributed by atoms with Crippen LogP contribution in [0.4, 0.5) is 4.39 Å². The zero-order valence-corrected chi connectivity index (χ0v) is 14.2. The number of amides is 1. The summed E-state index contributed by atoms with van der Waals surface area (Å²) in [5.74, 6) is 0.289. The second-order valence-corrected chi connectivity index (χ2v) is 7.36. The van der Waals surface area contributed by atoms with Crippen molar-refractivity contribution in [2.24, 2.45) is 5.92 Å². The maximum atomic E-state index is 13.7. The van der Waals surface area contributed by atoms with E-state index in [0.717, 1.165) is 30.6 Å². The molecule has 2 heterocycles. The Morgan fingerprint density at radius 1 is 1.43 bits per heavy atom. The Kier molecular flexibility index (Phi) is 4.80. The lowest BCUT2D eigenvalue weighted by atomic mass is 10.1. The number of thiazole rings is 1. The van der Waals surface area contributed by atoms with Gasteiger partial charge in [-0.1, -0.05) is 31.3 Å². The third-order valence-corrected chi connectivity index (χ3v) is 4.91. The summed E-state index contributed by atoms with van der Waals surface area (Å²) in [6.07, 6.45) is 2.23. The summed E-state index contributed by atoms with van der Waals surface area (Å²) in [4.78, 5) is 18.2. The highest BCUT2D eigenvalue weighted by Gasteiger charge is 2.25. The Labute approximate surface area is 139 Å². The van der Waals surface area contributed by atoms with Crippen LogP contribution in [0.1, 0.15) is 33.1 Å². The molecule has 4 nitrogen and oxygen atoms in total. The number of ether oxygens (including phenoxy) is 1. The maximum Gasteiger partial charge on any atom is 0.274 e. The first-order valence-corrected chi connectivity index (χ1v) is 8.84. The molecule has 0 atom stereocenters. The monoisotopic (exact) mass is 336 g/mol. The van der Waals surface area contributed by atoms with E-state index in [2.05, 4.69) is 18.8 Å². The predicted molar refractivity (Wildman–Crippen MR) is 89.3 cm³/mol. The van der Waals surface area contributed by atoms with Crippen LogP contribution >= 0.6 is 11.3 Å². The smallest absolute Gasteiger partial charge is 0.274 e. The van der Waals surface area contributed by atoms with Crippen LogP contribution in [-0.2, 0) is 4.79 Å². The van der Waals surface area contributed by atoms with E-state index in [1.165, 1.54) is 17.4 Å². The van der Waals surface area contributed by atoms with Crippen molar-refractivity contribution in [3.8, 4) is 5.19 Å². The van der Waals surface area contributed by atoms with E-state index in [4.69, 9.17) is 4.74 Å². The van der Waals surface area contributed by atoms with Crippen molar-refractivity contribution >= 4 is 27.5 Å². The first-order chi connectivity index (χ1) is 11.0. The minimum atomic E-state index is -0.317. The van der Waals surface area contributed by atoms with Gasteiger partial charge in [-0.3, -0.25) is 4.79 Å². The Morgan fingerprint density at radius 2 is 2.17 bits per heavy atom. The van der Waals surface area contributed by atoms with E-state index in [9.17, 15) is 9.18 Å². The molecule has 2 aromatic rings. The number of rotatable bonds is 4. The van der Waals surface area contributed by atoms with Crippen LogP contribution in [0, 0.1) is 11.7 Å². The third kappa shape index (κ3) is 3.80. The number of likely N-dealkylation sites (tertiary alicyclic amines) is 1. The molecule has 1 saturated heterocycles. The van der Waals surface area contributed by atoms with Gasteiger partial charge in [-0.05, 0) is 18.1 Å². The van der Waals surface area contributed by atoms with Gasteiger partial charge in [0.05, 0.1) is 4.70 Å². The first-order valence-electron chi connectivity index (χ1n) is 8.02. The van der Waals surface area contributed by atoms with Crippen molar-refractivity contribution in [2.75, 3.05) is 13.1 Å². The zero-order chi connectivity index (χ0) is 16.4. The van der Waals surface area contributed by atoms with E-state index in [0.29, 0.717) is 23.0 Å². The second-order valence-electron chi connectivity index (χ2n) is 6.36. The van der Waals surface area contributed by atoms with Gasteiger partial charge in [0.25, 0.3) is 5.19 Å². The number of hydrogen-bond donors (Lipinski definition) is 0. The van der Waals surface area contributed by atoms with Crippen LogP contribution in [0.2, 0.25) is 0 Å². The van der Waals surface area contributed by atoms with Crippen molar-refractivity contribution in [1.82, 2.24) is 9.88 Å². The Balaban J connectivity index is 1.58. The molecule has 0 unspecified atom stereocenters. The van der Waals surface area contributed by atoms with Crippen LogP contribution in [-0.4, -0.2) is 35.0 Å². The molecular weight excluding hydrogens is 315 g/mol. The lowest BCUT2D eigenvalue weighted by Crippen LogP contribution is -2.42. The lowest BCUT2D eigenvalue weighted by Gasteiger charge is -2.32. The van der Waals surface area contributed by atoms with Gasteiger partial charge in [0, 0.05) is 32.4 Å². The van der Waals surface area contributed by atoms with Gasteiger partial charge in [0.2, 0.25) is 5.91 Å². The van der Waals surface area contributed by atoms with Gasteiger partial charge in [0.1, 0.15) is 17.4 Å². The highest BCUT2D eigenvalue weighted by Crippen LogP contribution is 2.31. The van der Waals surface area contributed by atoms with E-state index in [1.54, 1.807) is 6.07 Å². The Morgan fingerprint density at radius 3 is 2.83 bits per heavy atom. The summed E-state index contributed by atoms with van der Waals surface area (Å²) in [6.45, 7) is 5.55. The van der Waals surface area contributed by atoms with Crippen molar-refractivity contribution in [3.63, 3.8) is 0 Å². The molecular formula is C17H21FN2O2S.